The summed E-state index contributed by atoms with van der Waals surface area (Å²) in [5.74, 6) is -2.89. The zero-order valence-corrected chi connectivity index (χ0v) is 19.2. The lowest BCUT2D eigenvalue weighted by atomic mass is 9.97. The second-order valence-electron chi connectivity index (χ2n) is 8.19. The molecule has 4 rings (SSSR count). The normalized spacial score (nSPS) is 22.3. The summed E-state index contributed by atoms with van der Waals surface area (Å²) in [6.07, 6.45) is -11.2. The highest BCUT2D eigenvalue weighted by Crippen LogP contribution is 2.41. The summed E-state index contributed by atoms with van der Waals surface area (Å²) >= 11 is 3.19. The van der Waals surface area contributed by atoms with Crippen LogP contribution in [-0.4, -0.2) is 46.0 Å². The van der Waals surface area contributed by atoms with Crippen molar-refractivity contribution in [3.8, 4) is 0 Å². The molecule has 1 aromatic carbocycles. The van der Waals surface area contributed by atoms with Crippen LogP contribution in [0, 0.1) is 0 Å². The third kappa shape index (κ3) is 5.14. The zero-order chi connectivity index (χ0) is 25.9. The summed E-state index contributed by atoms with van der Waals surface area (Å²) in [4.78, 5) is 22.9. The highest BCUT2D eigenvalue weighted by atomic mass is 79.9. The van der Waals surface area contributed by atoms with E-state index in [9.17, 15) is 39.9 Å². The van der Waals surface area contributed by atoms with E-state index in [0.717, 1.165) is 4.90 Å². The van der Waals surface area contributed by atoms with Gasteiger partial charge in [0.1, 0.15) is 6.10 Å². The third-order valence-electron chi connectivity index (χ3n) is 5.58. The number of carbonyl (C=O) groups excluding carboxylic acids is 1. The number of cyclic esters (lactones) is 1. The number of hydrogen-bond donors (Lipinski definition) is 0. The van der Waals surface area contributed by atoms with Gasteiger partial charge in [0, 0.05) is 6.20 Å². The number of anilines is 1. The molecule has 15 heteroatoms. The van der Waals surface area contributed by atoms with Crippen LogP contribution in [0.25, 0.3) is 0 Å². The summed E-state index contributed by atoms with van der Waals surface area (Å²) in [6, 6.07) is 0.0266. The fraction of sp³-hybridized carbons (Fsp3) is 0.450. The molecule has 3 heterocycles. The Labute approximate surface area is 201 Å². The quantitative estimate of drug-likeness (QED) is 0.431. The van der Waals surface area contributed by atoms with Crippen molar-refractivity contribution in [2.45, 2.75) is 43.9 Å². The highest BCUT2D eigenvalue weighted by Gasteiger charge is 2.46. The van der Waals surface area contributed by atoms with Crippen molar-refractivity contribution < 1.29 is 44.7 Å². The van der Waals surface area contributed by atoms with Crippen molar-refractivity contribution in [2.24, 2.45) is 0 Å². The summed E-state index contributed by atoms with van der Waals surface area (Å²) in [5, 5.41) is 0. The number of aromatic nitrogens is 2. The number of hydrogen-bond acceptors (Lipinski definition) is 5. The van der Waals surface area contributed by atoms with E-state index >= 15 is 0 Å². The minimum Gasteiger partial charge on any atom is -0.439 e. The molecule has 0 radical (unpaired) electrons. The van der Waals surface area contributed by atoms with Gasteiger partial charge in [-0.1, -0.05) is 0 Å². The van der Waals surface area contributed by atoms with E-state index in [1.54, 1.807) is 0 Å². The van der Waals surface area contributed by atoms with E-state index in [0.29, 0.717) is 16.6 Å². The molecule has 190 valence electrons. The van der Waals surface area contributed by atoms with E-state index in [4.69, 9.17) is 4.74 Å². The fourth-order valence-corrected chi connectivity index (χ4v) is 4.09. The predicted octanol–water partition coefficient (Wildman–Crippen LogP) is 5.81. The Morgan fingerprint density at radius 1 is 1.09 bits per heavy atom. The van der Waals surface area contributed by atoms with Crippen LogP contribution in [0.2, 0.25) is 0 Å². The molecule has 0 bridgehead atoms. The van der Waals surface area contributed by atoms with Crippen LogP contribution in [0.15, 0.2) is 28.9 Å². The van der Waals surface area contributed by atoms with Gasteiger partial charge >= 0.3 is 18.4 Å². The van der Waals surface area contributed by atoms with Crippen molar-refractivity contribution in [1.82, 2.24) is 14.9 Å². The molecule has 35 heavy (non-hydrogen) atoms. The first-order chi connectivity index (χ1) is 16.0. The van der Waals surface area contributed by atoms with Gasteiger partial charge in [-0.3, -0.25) is 4.90 Å². The molecule has 0 saturated carbocycles. The molecule has 0 aliphatic carbocycles. The van der Waals surface area contributed by atoms with E-state index < -0.39 is 66.3 Å². The van der Waals surface area contributed by atoms with E-state index in [1.807, 2.05) is 0 Å². The highest BCUT2D eigenvalue weighted by molar-refractivity contribution is 9.10. The van der Waals surface area contributed by atoms with Crippen LogP contribution in [-0.2, 0) is 23.6 Å². The second kappa shape index (κ2) is 8.45. The van der Waals surface area contributed by atoms with Gasteiger partial charge in [-0.15, -0.1) is 0 Å². The lowest BCUT2D eigenvalue weighted by molar-refractivity contribution is -0.143. The van der Waals surface area contributed by atoms with Gasteiger partial charge in [0.25, 0.3) is 5.92 Å². The number of alkyl halides is 8. The van der Waals surface area contributed by atoms with E-state index in [2.05, 4.69) is 25.9 Å². The van der Waals surface area contributed by atoms with Crippen LogP contribution in [0.3, 0.4) is 0 Å². The molecule has 6 nitrogen and oxygen atoms in total. The standard InChI is InChI=1S/C20H15BrF8N4O2/c1-9-15(10-2-11(19(24,25)26)4-12(3-10)20(27,28)29)35-17(34)33(9)6-14-13(21)5-30-16(31-14)32-7-18(22,23)8-32/h2-5,9,15H,6-8H2,1H3. The number of ether oxygens (including phenoxy) is 1. The van der Waals surface area contributed by atoms with Crippen molar-refractivity contribution >= 4 is 28.0 Å². The number of benzene rings is 1. The van der Waals surface area contributed by atoms with Crippen LogP contribution in [0.5, 0.6) is 0 Å². The largest absolute Gasteiger partial charge is 0.439 e. The van der Waals surface area contributed by atoms with Crippen molar-refractivity contribution in [1.29, 1.82) is 0 Å². The van der Waals surface area contributed by atoms with Crippen LogP contribution in [0.1, 0.15) is 35.4 Å². The van der Waals surface area contributed by atoms with Gasteiger partial charge in [-0.05, 0) is 46.6 Å². The first-order valence-corrected chi connectivity index (χ1v) is 10.8. The monoisotopic (exact) mass is 574 g/mol. The second-order valence-corrected chi connectivity index (χ2v) is 9.04. The lowest BCUT2D eigenvalue weighted by Crippen LogP contribution is -2.57. The Bertz CT molecular complexity index is 1120. The Hall–Kier alpha value is -2.71. The molecule has 1 aromatic heterocycles. The topological polar surface area (TPSA) is 58.6 Å². The molecule has 2 saturated heterocycles. The minimum atomic E-state index is -5.06. The third-order valence-corrected chi connectivity index (χ3v) is 6.24. The van der Waals surface area contributed by atoms with Gasteiger partial charge in [-0.2, -0.15) is 26.3 Å². The smallest absolute Gasteiger partial charge is 0.416 e. The van der Waals surface area contributed by atoms with Crippen LogP contribution >= 0.6 is 15.9 Å². The first-order valence-electron chi connectivity index (χ1n) is 9.96. The Balaban J connectivity index is 1.61. The number of rotatable bonds is 4. The maximum Gasteiger partial charge on any atom is 0.416 e. The number of halogens is 9. The summed E-state index contributed by atoms with van der Waals surface area (Å²) in [5.41, 5.74) is -3.34. The van der Waals surface area contributed by atoms with Gasteiger partial charge in [0.15, 0.2) is 0 Å². The summed E-state index contributed by atoms with van der Waals surface area (Å²) in [7, 11) is 0. The first kappa shape index (κ1) is 25.4. The molecule has 0 spiro atoms. The summed E-state index contributed by atoms with van der Waals surface area (Å²) in [6.45, 7) is -0.0399. The molecular weight excluding hydrogens is 560 g/mol. The van der Waals surface area contributed by atoms with E-state index in [-0.39, 0.29) is 24.3 Å². The SMILES string of the molecule is CC1C(c2cc(C(F)(F)F)cc(C(F)(F)F)c2)OC(=O)N1Cc1nc(N2CC(F)(F)C2)ncc1Br. The molecule has 2 unspecified atom stereocenters. The maximum absolute atomic E-state index is 13.2. The molecule has 0 N–H and O–H groups in total. The van der Waals surface area contributed by atoms with Gasteiger partial charge in [0.05, 0.1) is 47.0 Å². The molecule has 2 aliphatic rings. The zero-order valence-electron chi connectivity index (χ0n) is 17.6. The number of carbonyl (C=O) groups is 1. The molecule has 2 aromatic rings. The van der Waals surface area contributed by atoms with Gasteiger partial charge in [0.2, 0.25) is 5.95 Å². The predicted molar refractivity (Wildman–Crippen MR) is 108 cm³/mol. The van der Waals surface area contributed by atoms with Crippen molar-refractivity contribution in [2.75, 3.05) is 18.0 Å². The maximum atomic E-state index is 13.2. The molecule has 2 aliphatic heterocycles. The molecule has 2 atom stereocenters. The lowest BCUT2D eigenvalue weighted by Gasteiger charge is -2.38. The molecule has 1 amide bonds. The average molecular weight is 575 g/mol. The van der Waals surface area contributed by atoms with Gasteiger partial charge in [-0.25, -0.2) is 23.5 Å². The van der Waals surface area contributed by atoms with Gasteiger partial charge < -0.3 is 9.64 Å². The van der Waals surface area contributed by atoms with Crippen molar-refractivity contribution in [3.05, 3.63) is 51.3 Å². The Kier molecular flexibility index (Phi) is 6.13. The van der Waals surface area contributed by atoms with Crippen LogP contribution < -0.4 is 4.90 Å². The number of nitrogens with zero attached hydrogens (tertiary/aromatic N) is 4. The Morgan fingerprint density at radius 2 is 1.66 bits per heavy atom. The average Bonchev–Trinajstić information content (AvgIpc) is 3.00. The molecular formula is C20H15BrF8N4O2. The minimum absolute atomic E-state index is 0.0124. The fourth-order valence-electron chi connectivity index (χ4n) is 3.77. The number of amides is 1. The van der Waals surface area contributed by atoms with Crippen molar-refractivity contribution in [3.63, 3.8) is 0 Å². The summed E-state index contributed by atoms with van der Waals surface area (Å²) < 4.78 is 111. The molecule has 2 fully saturated rings. The van der Waals surface area contributed by atoms with E-state index in [1.165, 1.54) is 18.0 Å². The Morgan fingerprint density at radius 3 is 2.17 bits per heavy atom. The van der Waals surface area contributed by atoms with Crippen LogP contribution in [0.4, 0.5) is 45.9 Å².